The van der Waals surface area contributed by atoms with E-state index in [1.165, 1.54) is 16.2 Å². The predicted molar refractivity (Wildman–Crippen MR) is 114 cm³/mol. The third-order valence-electron chi connectivity index (χ3n) is 5.24. The lowest BCUT2D eigenvalue weighted by Gasteiger charge is -2.23. The molecule has 2 heterocycles. The fourth-order valence-electron chi connectivity index (χ4n) is 3.75. The molecule has 0 fully saturated rings. The summed E-state index contributed by atoms with van der Waals surface area (Å²) in [4.78, 5) is 28.1. The number of Topliss-reactive ketones (excluding diaryl/α,β-unsaturated/α-hetero) is 1. The maximum Gasteiger partial charge on any atom is 0.264 e. The van der Waals surface area contributed by atoms with Crippen LogP contribution >= 0.6 is 11.3 Å². The van der Waals surface area contributed by atoms with E-state index < -0.39 is 11.5 Å². The van der Waals surface area contributed by atoms with Crippen molar-refractivity contribution in [2.24, 2.45) is 0 Å². The smallest absolute Gasteiger partial charge is 0.264 e. The summed E-state index contributed by atoms with van der Waals surface area (Å²) in [6, 6.07) is 15.9. The van der Waals surface area contributed by atoms with Crippen LogP contribution in [0.2, 0.25) is 0 Å². The van der Waals surface area contributed by atoms with Gasteiger partial charge in [-0.15, -0.1) is 11.3 Å². The average molecular weight is 423 g/mol. The third-order valence-corrected chi connectivity index (χ3v) is 6.15. The topological polar surface area (TPSA) is 76.1 Å². The van der Waals surface area contributed by atoms with E-state index in [2.05, 4.69) is 0 Å². The minimum Gasteiger partial charge on any atom is -0.493 e. The Morgan fingerprint density at radius 1 is 1.07 bits per heavy atom. The van der Waals surface area contributed by atoms with Gasteiger partial charge in [-0.3, -0.25) is 9.59 Å². The van der Waals surface area contributed by atoms with Crippen LogP contribution in [0, 0.1) is 0 Å². The number of benzene rings is 2. The highest BCUT2D eigenvalue weighted by Crippen LogP contribution is 2.44. The van der Waals surface area contributed by atoms with Gasteiger partial charge in [0.25, 0.3) is 5.91 Å². The van der Waals surface area contributed by atoms with Gasteiger partial charge in [-0.25, -0.2) is 0 Å². The molecule has 7 heteroatoms. The van der Waals surface area contributed by atoms with Crippen molar-refractivity contribution in [2.45, 2.75) is 18.6 Å². The molecule has 0 saturated heterocycles. The Bertz CT molecular complexity index is 1090. The zero-order chi connectivity index (χ0) is 21.3. The van der Waals surface area contributed by atoms with Crippen molar-refractivity contribution in [3.05, 3.63) is 76.0 Å². The van der Waals surface area contributed by atoms with Crippen LogP contribution in [0.3, 0.4) is 0 Å². The molecule has 1 aromatic heterocycles. The van der Waals surface area contributed by atoms with Crippen LogP contribution in [0.5, 0.6) is 11.5 Å². The standard InChI is InChI=1S/C23H21NO5S/c1-28-19-10-9-15(12-20(19)29-2)14-24-17-7-4-3-6-16(17)23(27,22(24)26)13-18(25)21-8-5-11-30-21/h3-12,27H,13-14H2,1-2H3/t23-/m0/s1. The number of methoxy groups -OCH3 is 2. The van der Waals surface area contributed by atoms with Gasteiger partial charge in [-0.2, -0.15) is 0 Å². The zero-order valence-corrected chi connectivity index (χ0v) is 17.4. The number of hydrogen-bond donors (Lipinski definition) is 1. The van der Waals surface area contributed by atoms with Crippen molar-refractivity contribution in [3.63, 3.8) is 0 Å². The lowest BCUT2D eigenvalue weighted by atomic mass is 9.89. The van der Waals surface area contributed by atoms with Gasteiger partial charge in [0.1, 0.15) is 0 Å². The summed E-state index contributed by atoms with van der Waals surface area (Å²) < 4.78 is 10.6. The molecule has 1 aliphatic heterocycles. The normalized spacial score (nSPS) is 17.7. The van der Waals surface area contributed by atoms with Crippen molar-refractivity contribution >= 4 is 28.7 Å². The van der Waals surface area contributed by atoms with Crippen molar-refractivity contribution < 1.29 is 24.2 Å². The molecule has 0 unspecified atom stereocenters. The van der Waals surface area contributed by atoms with Crippen LogP contribution in [0.15, 0.2) is 60.0 Å². The zero-order valence-electron chi connectivity index (χ0n) is 16.6. The van der Waals surface area contributed by atoms with E-state index in [-0.39, 0.29) is 18.7 Å². The molecule has 1 aliphatic rings. The molecule has 0 radical (unpaired) electrons. The maximum absolute atomic E-state index is 13.3. The summed E-state index contributed by atoms with van der Waals surface area (Å²) in [5.74, 6) is 0.373. The number of carbonyl (C=O) groups is 2. The number of fused-ring (bicyclic) bond motifs is 1. The van der Waals surface area contributed by atoms with Gasteiger partial charge in [0.05, 0.1) is 37.7 Å². The number of hydrogen-bond acceptors (Lipinski definition) is 6. The number of para-hydroxylation sites is 1. The Hall–Kier alpha value is -3.16. The first-order valence-corrected chi connectivity index (χ1v) is 10.3. The molecule has 1 N–H and O–H groups in total. The highest BCUT2D eigenvalue weighted by Gasteiger charge is 2.50. The van der Waals surface area contributed by atoms with Crippen LogP contribution in [0.25, 0.3) is 0 Å². The number of amides is 1. The third kappa shape index (κ3) is 3.36. The molecule has 1 amide bonds. The lowest BCUT2D eigenvalue weighted by molar-refractivity contribution is -0.136. The number of thiophene rings is 1. The fourth-order valence-corrected chi connectivity index (χ4v) is 4.42. The first-order valence-electron chi connectivity index (χ1n) is 9.39. The van der Waals surface area contributed by atoms with Crippen LogP contribution in [-0.4, -0.2) is 31.0 Å². The number of carbonyl (C=O) groups excluding carboxylic acids is 2. The van der Waals surface area contributed by atoms with Crippen LogP contribution in [0.4, 0.5) is 5.69 Å². The number of aliphatic hydroxyl groups is 1. The molecular weight excluding hydrogens is 402 g/mol. The molecule has 4 rings (SSSR count). The molecule has 0 aliphatic carbocycles. The summed E-state index contributed by atoms with van der Waals surface area (Å²) in [7, 11) is 3.11. The monoisotopic (exact) mass is 423 g/mol. The Morgan fingerprint density at radius 3 is 2.53 bits per heavy atom. The van der Waals surface area contributed by atoms with Gasteiger partial charge in [0.15, 0.2) is 22.9 Å². The second-order valence-corrected chi connectivity index (χ2v) is 7.98. The van der Waals surface area contributed by atoms with Crippen molar-refractivity contribution in [1.29, 1.82) is 0 Å². The first kappa shape index (κ1) is 20.1. The molecule has 2 aromatic carbocycles. The van der Waals surface area contributed by atoms with E-state index in [9.17, 15) is 14.7 Å². The van der Waals surface area contributed by atoms with Gasteiger partial charge in [0, 0.05) is 5.56 Å². The van der Waals surface area contributed by atoms with E-state index >= 15 is 0 Å². The highest BCUT2D eigenvalue weighted by atomic mass is 32.1. The van der Waals surface area contributed by atoms with Crippen molar-refractivity contribution in [2.75, 3.05) is 19.1 Å². The second kappa shape index (κ2) is 7.93. The first-order chi connectivity index (χ1) is 14.5. The number of ketones is 1. The lowest BCUT2D eigenvalue weighted by Crippen LogP contribution is -2.41. The van der Waals surface area contributed by atoms with E-state index in [0.717, 1.165) is 5.56 Å². The van der Waals surface area contributed by atoms with E-state index in [1.807, 2.05) is 6.07 Å². The molecule has 0 saturated carbocycles. The van der Waals surface area contributed by atoms with Crippen LogP contribution in [-0.2, 0) is 16.9 Å². The van der Waals surface area contributed by atoms with Crippen molar-refractivity contribution in [3.8, 4) is 11.5 Å². The Balaban J connectivity index is 1.67. The Labute approximate surface area is 178 Å². The fraction of sp³-hybridized carbons (Fsp3) is 0.217. The molecular formula is C23H21NO5S. The number of ether oxygens (including phenoxy) is 2. The van der Waals surface area contributed by atoms with Crippen LogP contribution < -0.4 is 14.4 Å². The van der Waals surface area contributed by atoms with E-state index in [1.54, 1.807) is 68.1 Å². The minimum atomic E-state index is -1.89. The van der Waals surface area contributed by atoms with Crippen molar-refractivity contribution in [1.82, 2.24) is 0 Å². The predicted octanol–water partition coefficient (Wildman–Crippen LogP) is 3.77. The highest BCUT2D eigenvalue weighted by molar-refractivity contribution is 7.12. The summed E-state index contributed by atoms with van der Waals surface area (Å²) in [6.45, 7) is 0.228. The molecule has 3 aromatic rings. The summed E-state index contributed by atoms with van der Waals surface area (Å²) >= 11 is 1.30. The maximum atomic E-state index is 13.3. The van der Waals surface area contributed by atoms with Gasteiger partial charge in [-0.1, -0.05) is 30.3 Å². The Kier molecular flexibility index (Phi) is 5.32. The number of nitrogens with zero attached hydrogens (tertiary/aromatic N) is 1. The van der Waals surface area contributed by atoms with Gasteiger partial charge in [0.2, 0.25) is 0 Å². The Morgan fingerprint density at radius 2 is 1.83 bits per heavy atom. The van der Waals surface area contributed by atoms with Gasteiger partial charge in [-0.05, 0) is 35.2 Å². The van der Waals surface area contributed by atoms with E-state index in [4.69, 9.17) is 9.47 Å². The van der Waals surface area contributed by atoms with Crippen LogP contribution in [0.1, 0.15) is 27.2 Å². The second-order valence-electron chi connectivity index (χ2n) is 7.04. The molecule has 154 valence electrons. The molecule has 0 spiro atoms. The SMILES string of the molecule is COc1ccc(CN2C(=O)[C@](O)(CC(=O)c3cccs3)c3ccccc32)cc1OC. The minimum absolute atomic E-state index is 0.228. The largest absolute Gasteiger partial charge is 0.493 e. The molecule has 6 nitrogen and oxygen atoms in total. The molecule has 1 atom stereocenters. The molecule has 0 bridgehead atoms. The summed E-state index contributed by atoms with van der Waals surface area (Å²) in [5.41, 5.74) is -0.0439. The summed E-state index contributed by atoms with van der Waals surface area (Å²) in [6.07, 6.45) is -0.300. The molecule has 30 heavy (non-hydrogen) atoms. The quantitative estimate of drug-likeness (QED) is 0.586. The van der Waals surface area contributed by atoms with E-state index in [0.29, 0.717) is 27.6 Å². The van der Waals surface area contributed by atoms with Gasteiger partial charge >= 0.3 is 0 Å². The number of anilines is 1. The summed E-state index contributed by atoms with van der Waals surface area (Å²) in [5, 5.41) is 13.2. The van der Waals surface area contributed by atoms with Gasteiger partial charge < -0.3 is 19.5 Å². The average Bonchev–Trinajstić information content (AvgIpc) is 3.37. The number of rotatable bonds is 7.